The lowest BCUT2D eigenvalue weighted by Crippen LogP contribution is -2.14. The summed E-state index contributed by atoms with van der Waals surface area (Å²) in [5, 5.41) is 0. The fourth-order valence-electron chi connectivity index (χ4n) is 2.21. The van der Waals surface area contributed by atoms with Crippen molar-refractivity contribution >= 4 is 17.3 Å². The van der Waals surface area contributed by atoms with Gasteiger partial charge in [0.05, 0.1) is 18.0 Å². The Morgan fingerprint density at radius 1 is 1.39 bits per heavy atom. The number of oxazole rings is 1. The van der Waals surface area contributed by atoms with E-state index in [4.69, 9.17) is 9.15 Å². The molecule has 3 heterocycles. The van der Waals surface area contributed by atoms with E-state index < -0.39 is 5.97 Å². The SMILES string of the molecule is CCOC(=O)c1nccn1Cc1nc(-c2ccc(C)s2)oc1C. The molecule has 0 N–H and O–H groups in total. The van der Waals surface area contributed by atoms with E-state index in [1.807, 2.05) is 26.0 Å². The normalized spacial score (nSPS) is 10.9. The Morgan fingerprint density at radius 2 is 2.22 bits per heavy atom. The van der Waals surface area contributed by atoms with Crippen molar-refractivity contribution in [2.45, 2.75) is 27.3 Å². The molecule has 0 radical (unpaired) electrons. The largest absolute Gasteiger partial charge is 0.460 e. The minimum atomic E-state index is -0.437. The standard InChI is InChI=1S/C16H17N3O3S/c1-4-21-16(20)14-17-7-8-19(14)9-12-11(3)22-15(18-12)13-6-5-10(2)23-13/h5-8H,4,9H2,1-3H3. The third kappa shape index (κ3) is 3.19. The average Bonchev–Trinajstić information content (AvgIpc) is 3.21. The van der Waals surface area contributed by atoms with Gasteiger partial charge in [0.1, 0.15) is 11.5 Å². The molecule has 0 fully saturated rings. The minimum absolute atomic E-state index is 0.266. The Bertz CT molecular complexity index is 831. The van der Waals surface area contributed by atoms with E-state index in [0.29, 0.717) is 19.0 Å². The van der Waals surface area contributed by atoms with E-state index in [0.717, 1.165) is 16.3 Å². The van der Waals surface area contributed by atoms with Crippen LogP contribution in [0.25, 0.3) is 10.8 Å². The van der Waals surface area contributed by atoms with Crippen LogP contribution >= 0.6 is 11.3 Å². The number of hydrogen-bond acceptors (Lipinski definition) is 6. The molecule has 0 aliphatic carbocycles. The number of carbonyl (C=O) groups is 1. The smallest absolute Gasteiger partial charge is 0.374 e. The van der Waals surface area contributed by atoms with Crippen molar-refractivity contribution in [2.75, 3.05) is 6.61 Å². The van der Waals surface area contributed by atoms with Gasteiger partial charge in [0.2, 0.25) is 11.7 Å². The average molecular weight is 331 g/mol. The van der Waals surface area contributed by atoms with Crippen molar-refractivity contribution in [3.63, 3.8) is 0 Å². The van der Waals surface area contributed by atoms with Gasteiger partial charge in [-0.05, 0) is 32.9 Å². The first kappa shape index (κ1) is 15.5. The first-order valence-electron chi connectivity index (χ1n) is 7.30. The number of esters is 1. The van der Waals surface area contributed by atoms with Crippen molar-refractivity contribution in [3.05, 3.63) is 46.7 Å². The van der Waals surface area contributed by atoms with Crippen LogP contribution in [-0.4, -0.2) is 27.1 Å². The maximum absolute atomic E-state index is 11.9. The van der Waals surface area contributed by atoms with Gasteiger partial charge in [-0.15, -0.1) is 11.3 Å². The fraction of sp³-hybridized carbons (Fsp3) is 0.312. The molecular formula is C16H17N3O3S. The number of hydrogen-bond donors (Lipinski definition) is 0. The molecule has 6 nitrogen and oxygen atoms in total. The molecule has 0 unspecified atom stereocenters. The van der Waals surface area contributed by atoms with E-state index in [1.54, 1.807) is 35.2 Å². The summed E-state index contributed by atoms with van der Waals surface area (Å²) in [5.41, 5.74) is 0.773. The highest BCUT2D eigenvalue weighted by atomic mass is 32.1. The first-order chi connectivity index (χ1) is 11.1. The summed E-state index contributed by atoms with van der Waals surface area (Å²) in [6.07, 6.45) is 3.31. The summed E-state index contributed by atoms with van der Waals surface area (Å²) in [4.78, 5) is 22.7. The molecule has 3 aromatic rings. The predicted molar refractivity (Wildman–Crippen MR) is 86.6 cm³/mol. The number of aromatic nitrogens is 3. The molecule has 3 aromatic heterocycles. The van der Waals surface area contributed by atoms with E-state index in [1.165, 1.54) is 4.88 Å². The lowest BCUT2D eigenvalue weighted by molar-refractivity contribution is 0.0507. The number of nitrogens with zero attached hydrogens (tertiary/aromatic N) is 3. The minimum Gasteiger partial charge on any atom is -0.460 e. The lowest BCUT2D eigenvalue weighted by Gasteiger charge is -2.05. The highest BCUT2D eigenvalue weighted by Gasteiger charge is 2.18. The van der Waals surface area contributed by atoms with Gasteiger partial charge in [-0.3, -0.25) is 0 Å². The Balaban J connectivity index is 1.86. The summed E-state index contributed by atoms with van der Waals surface area (Å²) in [6.45, 7) is 6.40. The van der Waals surface area contributed by atoms with E-state index >= 15 is 0 Å². The molecule has 120 valence electrons. The summed E-state index contributed by atoms with van der Waals surface area (Å²) in [6, 6.07) is 4.03. The molecule has 7 heteroatoms. The quantitative estimate of drug-likeness (QED) is 0.670. The topological polar surface area (TPSA) is 70.2 Å². The summed E-state index contributed by atoms with van der Waals surface area (Å²) >= 11 is 1.64. The van der Waals surface area contributed by atoms with Crippen LogP contribution in [0.3, 0.4) is 0 Å². The fourth-order valence-corrected chi connectivity index (χ4v) is 3.01. The molecule has 0 spiro atoms. The molecule has 0 bridgehead atoms. The Labute approximate surface area is 137 Å². The van der Waals surface area contributed by atoms with Crippen LogP contribution in [0.4, 0.5) is 0 Å². The molecule has 0 saturated heterocycles. The zero-order chi connectivity index (χ0) is 16.4. The number of imidazole rings is 1. The van der Waals surface area contributed by atoms with Crippen molar-refractivity contribution in [2.24, 2.45) is 0 Å². The summed E-state index contributed by atoms with van der Waals surface area (Å²) in [5.74, 6) is 1.17. The van der Waals surface area contributed by atoms with Gasteiger partial charge in [-0.1, -0.05) is 0 Å². The Hall–Kier alpha value is -2.41. The van der Waals surface area contributed by atoms with Crippen molar-refractivity contribution in [1.82, 2.24) is 14.5 Å². The molecule has 0 amide bonds. The molecule has 23 heavy (non-hydrogen) atoms. The zero-order valence-electron chi connectivity index (χ0n) is 13.2. The number of carbonyl (C=O) groups excluding carboxylic acids is 1. The maximum Gasteiger partial charge on any atom is 0.374 e. The second kappa shape index (κ2) is 6.37. The number of aryl methyl sites for hydroxylation is 2. The van der Waals surface area contributed by atoms with Crippen molar-refractivity contribution in [1.29, 1.82) is 0 Å². The first-order valence-corrected chi connectivity index (χ1v) is 8.11. The number of thiophene rings is 1. The van der Waals surface area contributed by atoms with Gasteiger partial charge >= 0.3 is 5.97 Å². The van der Waals surface area contributed by atoms with Crippen LogP contribution in [0.1, 0.15) is 33.9 Å². The molecule has 0 atom stereocenters. The van der Waals surface area contributed by atoms with E-state index in [9.17, 15) is 4.79 Å². The third-order valence-corrected chi connectivity index (χ3v) is 4.33. The van der Waals surface area contributed by atoms with Crippen molar-refractivity contribution in [3.8, 4) is 10.8 Å². The molecule has 0 saturated carbocycles. The van der Waals surface area contributed by atoms with E-state index in [2.05, 4.69) is 9.97 Å². The third-order valence-electron chi connectivity index (χ3n) is 3.34. The Kier molecular flexibility index (Phi) is 4.29. The highest BCUT2D eigenvalue weighted by molar-refractivity contribution is 7.15. The van der Waals surface area contributed by atoms with Gasteiger partial charge in [-0.2, -0.15) is 0 Å². The second-order valence-corrected chi connectivity index (χ2v) is 6.32. The second-order valence-electron chi connectivity index (χ2n) is 5.03. The van der Waals surface area contributed by atoms with Crippen LogP contribution < -0.4 is 0 Å². The van der Waals surface area contributed by atoms with Crippen LogP contribution in [0.5, 0.6) is 0 Å². The van der Waals surface area contributed by atoms with Crippen molar-refractivity contribution < 1.29 is 13.9 Å². The molecule has 0 aromatic carbocycles. The van der Waals surface area contributed by atoms with E-state index in [-0.39, 0.29) is 5.82 Å². The van der Waals surface area contributed by atoms with Crippen LogP contribution in [0.15, 0.2) is 28.9 Å². The molecule has 0 aliphatic heterocycles. The van der Waals surface area contributed by atoms with Gasteiger partial charge in [-0.25, -0.2) is 14.8 Å². The number of ether oxygens (including phenoxy) is 1. The zero-order valence-corrected chi connectivity index (χ0v) is 14.0. The van der Waals surface area contributed by atoms with Gasteiger partial charge < -0.3 is 13.7 Å². The Morgan fingerprint density at radius 3 is 2.91 bits per heavy atom. The maximum atomic E-state index is 11.9. The predicted octanol–water partition coefficient (Wildman–Crippen LogP) is 3.44. The molecule has 0 aliphatic rings. The van der Waals surface area contributed by atoms with Crippen LogP contribution in [-0.2, 0) is 11.3 Å². The monoisotopic (exact) mass is 331 g/mol. The summed E-state index contributed by atoms with van der Waals surface area (Å²) < 4.78 is 12.5. The highest BCUT2D eigenvalue weighted by Crippen LogP contribution is 2.28. The molecule has 3 rings (SSSR count). The van der Waals surface area contributed by atoms with Gasteiger partial charge in [0.15, 0.2) is 0 Å². The number of rotatable bonds is 5. The lowest BCUT2D eigenvalue weighted by atomic mass is 10.3. The van der Waals surface area contributed by atoms with Gasteiger partial charge in [0.25, 0.3) is 0 Å². The van der Waals surface area contributed by atoms with Crippen LogP contribution in [0.2, 0.25) is 0 Å². The summed E-state index contributed by atoms with van der Waals surface area (Å²) in [7, 11) is 0. The molecular weight excluding hydrogens is 314 g/mol. The van der Waals surface area contributed by atoms with Gasteiger partial charge in [0, 0.05) is 17.3 Å². The van der Waals surface area contributed by atoms with Crippen LogP contribution in [0, 0.1) is 13.8 Å².